The van der Waals surface area contributed by atoms with Crippen LogP contribution in [0.25, 0.3) is 0 Å². The number of carbonyl (C=O) groups is 1. The fraction of sp³-hybridized carbons (Fsp3) is 0.375. The molecule has 0 spiro atoms. The maximum atomic E-state index is 12.2. The van der Waals surface area contributed by atoms with Gasteiger partial charge in [0.25, 0.3) is 5.91 Å². The highest BCUT2D eigenvalue weighted by Gasteiger charge is 2.30. The highest BCUT2D eigenvalue weighted by atomic mass is 16.2. The van der Waals surface area contributed by atoms with E-state index < -0.39 is 0 Å². The molecule has 21 heavy (non-hydrogen) atoms. The number of anilines is 1. The highest BCUT2D eigenvalue weighted by molar-refractivity contribution is 5.97. The Hall–Kier alpha value is -2.30. The van der Waals surface area contributed by atoms with E-state index in [9.17, 15) is 4.79 Å². The first-order chi connectivity index (χ1) is 10.1. The van der Waals surface area contributed by atoms with Gasteiger partial charge in [-0.05, 0) is 31.7 Å². The number of nitrogens with zero attached hydrogens (tertiary/aromatic N) is 1. The number of nitrogens with one attached hydrogen (secondary N) is 2. The molecule has 0 saturated heterocycles. The number of aromatic amines is 1. The minimum absolute atomic E-state index is 0.0281. The van der Waals surface area contributed by atoms with E-state index in [4.69, 9.17) is 5.73 Å². The fourth-order valence-corrected chi connectivity index (χ4v) is 2.53. The molecule has 0 aliphatic heterocycles. The van der Waals surface area contributed by atoms with Crippen LogP contribution in [0.2, 0.25) is 0 Å². The van der Waals surface area contributed by atoms with Crippen molar-refractivity contribution < 1.29 is 4.79 Å². The molecular formula is C16H20N4O. The molecule has 4 N–H and O–H groups in total. The predicted octanol–water partition coefficient (Wildman–Crippen LogP) is 2.23. The number of hydrogen-bond donors (Lipinski definition) is 3. The maximum absolute atomic E-state index is 12.2. The van der Waals surface area contributed by atoms with Crippen LogP contribution in [0.5, 0.6) is 0 Å². The molecule has 1 amide bonds. The smallest absolute Gasteiger partial charge is 0.274 e. The van der Waals surface area contributed by atoms with Crippen LogP contribution in [0, 0.1) is 0 Å². The summed E-state index contributed by atoms with van der Waals surface area (Å²) >= 11 is 0. The summed E-state index contributed by atoms with van der Waals surface area (Å²) in [5.74, 6) is 0.250. The molecule has 1 atom stereocenters. The van der Waals surface area contributed by atoms with E-state index in [0.717, 1.165) is 25.0 Å². The van der Waals surface area contributed by atoms with Crippen LogP contribution in [0.3, 0.4) is 0 Å². The summed E-state index contributed by atoms with van der Waals surface area (Å²) in [7, 11) is 0. The second-order valence-electron chi connectivity index (χ2n) is 5.74. The molecule has 1 aromatic heterocycles. The van der Waals surface area contributed by atoms with Crippen molar-refractivity contribution >= 4 is 11.6 Å². The first-order valence-corrected chi connectivity index (χ1v) is 7.33. The van der Waals surface area contributed by atoms with Crippen LogP contribution in [-0.4, -0.2) is 22.1 Å². The molecule has 1 unspecified atom stereocenters. The lowest BCUT2D eigenvalue weighted by atomic mass is 10.1. The number of nitrogens with two attached hydrogens (primary N) is 1. The zero-order valence-corrected chi connectivity index (χ0v) is 12.1. The molecule has 1 aromatic carbocycles. The average molecular weight is 284 g/mol. The van der Waals surface area contributed by atoms with Crippen molar-refractivity contribution in [2.75, 3.05) is 5.73 Å². The van der Waals surface area contributed by atoms with E-state index in [1.54, 1.807) is 0 Å². The van der Waals surface area contributed by atoms with Crippen LogP contribution < -0.4 is 11.1 Å². The topological polar surface area (TPSA) is 83.8 Å². The van der Waals surface area contributed by atoms with Gasteiger partial charge in [-0.2, -0.15) is 5.10 Å². The Morgan fingerprint density at radius 3 is 2.81 bits per heavy atom. The Bertz CT molecular complexity index is 631. The van der Waals surface area contributed by atoms with Gasteiger partial charge in [0.2, 0.25) is 0 Å². The van der Waals surface area contributed by atoms with Crippen molar-refractivity contribution in [3.8, 4) is 0 Å². The summed E-state index contributed by atoms with van der Waals surface area (Å²) in [4.78, 5) is 12.2. The summed E-state index contributed by atoms with van der Waals surface area (Å²) < 4.78 is 0. The molecule has 5 heteroatoms. The van der Waals surface area contributed by atoms with E-state index >= 15 is 0 Å². The molecule has 1 heterocycles. The van der Waals surface area contributed by atoms with Gasteiger partial charge < -0.3 is 11.1 Å². The first kappa shape index (κ1) is 13.7. The fourth-order valence-electron chi connectivity index (χ4n) is 2.53. The van der Waals surface area contributed by atoms with Gasteiger partial charge in [-0.3, -0.25) is 9.89 Å². The monoisotopic (exact) mass is 284 g/mol. The number of H-pyrrole nitrogens is 1. The Balaban J connectivity index is 1.63. The van der Waals surface area contributed by atoms with Crippen LogP contribution in [0.1, 0.15) is 47.4 Å². The molecule has 1 aliphatic carbocycles. The SMILES string of the molecule is CC(Cc1ccccc1)NC(=O)c1n[nH]c(C2CC2)c1N. The van der Waals surface area contributed by atoms with Crippen molar-refractivity contribution in [1.29, 1.82) is 0 Å². The minimum atomic E-state index is -0.209. The zero-order chi connectivity index (χ0) is 14.8. The van der Waals surface area contributed by atoms with Crippen molar-refractivity contribution in [3.05, 3.63) is 47.3 Å². The van der Waals surface area contributed by atoms with Crippen LogP contribution >= 0.6 is 0 Å². The van der Waals surface area contributed by atoms with Gasteiger partial charge in [-0.15, -0.1) is 0 Å². The van der Waals surface area contributed by atoms with Gasteiger partial charge >= 0.3 is 0 Å². The van der Waals surface area contributed by atoms with Gasteiger partial charge in [-0.1, -0.05) is 30.3 Å². The molecule has 1 fully saturated rings. The van der Waals surface area contributed by atoms with Crippen LogP contribution in [-0.2, 0) is 6.42 Å². The molecule has 110 valence electrons. The average Bonchev–Trinajstić information content (AvgIpc) is 3.22. The van der Waals surface area contributed by atoms with E-state index in [0.29, 0.717) is 17.3 Å². The number of carbonyl (C=O) groups excluding carboxylic acids is 1. The van der Waals surface area contributed by atoms with Gasteiger partial charge in [0.15, 0.2) is 5.69 Å². The summed E-state index contributed by atoms with van der Waals surface area (Å²) in [6.45, 7) is 1.98. The number of amides is 1. The van der Waals surface area contributed by atoms with Crippen molar-refractivity contribution in [2.24, 2.45) is 0 Å². The first-order valence-electron chi connectivity index (χ1n) is 7.33. The molecule has 0 radical (unpaired) electrons. The van der Waals surface area contributed by atoms with E-state index in [2.05, 4.69) is 27.6 Å². The van der Waals surface area contributed by atoms with E-state index in [1.807, 2.05) is 25.1 Å². The Morgan fingerprint density at radius 1 is 1.43 bits per heavy atom. The van der Waals surface area contributed by atoms with Gasteiger partial charge in [0, 0.05) is 12.0 Å². The summed E-state index contributed by atoms with van der Waals surface area (Å²) in [5.41, 5.74) is 8.94. The Kier molecular flexibility index (Phi) is 3.64. The van der Waals surface area contributed by atoms with Gasteiger partial charge in [0.05, 0.1) is 11.4 Å². The third-order valence-electron chi connectivity index (χ3n) is 3.80. The number of nitrogen functional groups attached to an aromatic ring is 1. The summed E-state index contributed by atoms with van der Waals surface area (Å²) in [6.07, 6.45) is 3.03. The second kappa shape index (κ2) is 5.60. The third kappa shape index (κ3) is 3.07. The standard InChI is InChI=1S/C16H20N4O/c1-10(9-11-5-3-2-4-6-11)18-16(21)15-13(17)14(19-20-15)12-7-8-12/h2-6,10,12H,7-9,17H2,1H3,(H,18,21)(H,19,20). The molecule has 0 bridgehead atoms. The third-order valence-corrected chi connectivity index (χ3v) is 3.80. The summed E-state index contributed by atoms with van der Waals surface area (Å²) in [5, 5.41) is 9.94. The minimum Gasteiger partial charge on any atom is -0.395 e. The lowest BCUT2D eigenvalue weighted by Crippen LogP contribution is -2.34. The predicted molar refractivity (Wildman–Crippen MR) is 82.0 cm³/mol. The van der Waals surface area contributed by atoms with Gasteiger partial charge in [0.1, 0.15) is 0 Å². The Labute approximate surface area is 123 Å². The van der Waals surface area contributed by atoms with Crippen LogP contribution in [0.4, 0.5) is 5.69 Å². The molecule has 1 aliphatic rings. The number of rotatable bonds is 5. The van der Waals surface area contributed by atoms with Crippen LogP contribution in [0.15, 0.2) is 30.3 Å². The molecule has 1 saturated carbocycles. The number of hydrogen-bond acceptors (Lipinski definition) is 3. The van der Waals surface area contributed by atoms with Crippen molar-refractivity contribution in [2.45, 2.75) is 38.1 Å². The van der Waals surface area contributed by atoms with Gasteiger partial charge in [-0.25, -0.2) is 0 Å². The maximum Gasteiger partial charge on any atom is 0.274 e. The molecule has 3 rings (SSSR count). The molecule has 2 aromatic rings. The summed E-state index contributed by atoms with van der Waals surface area (Å²) in [6, 6.07) is 10.1. The van der Waals surface area contributed by atoms with Crippen molar-refractivity contribution in [3.63, 3.8) is 0 Å². The molecular weight excluding hydrogens is 264 g/mol. The molecule has 5 nitrogen and oxygen atoms in total. The largest absolute Gasteiger partial charge is 0.395 e. The van der Waals surface area contributed by atoms with E-state index in [-0.39, 0.29) is 11.9 Å². The number of benzene rings is 1. The Morgan fingerprint density at radius 2 is 2.14 bits per heavy atom. The highest BCUT2D eigenvalue weighted by Crippen LogP contribution is 2.42. The lowest BCUT2D eigenvalue weighted by Gasteiger charge is -2.13. The number of aromatic nitrogens is 2. The normalized spacial score (nSPS) is 15.7. The second-order valence-corrected chi connectivity index (χ2v) is 5.74. The zero-order valence-electron chi connectivity index (χ0n) is 12.1. The quantitative estimate of drug-likeness (QED) is 0.787. The lowest BCUT2D eigenvalue weighted by molar-refractivity contribution is 0.0936. The van der Waals surface area contributed by atoms with E-state index in [1.165, 1.54) is 5.56 Å². The van der Waals surface area contributed by atoms with Crippen molar-refractivity contribution in [1.82, 2.24) is 15.5 Å².